The van der Waals surface area contributed by atoms with E-state index in [2.05, 4.69) is 12.1 Å². The van der Waals surface area contributed by atoms with E-state index >= 15 is 0 Å². The molecule has 1 aromatic carbocycles. The average molecular weight is 399 g/mol. The van der Waals surface area contributed by atoms with E-state index in [9.17, 15) is 9.59 Å². The van der Waals surface area contributed by atoms with Gasteiger partial charge in [0.25, 0.3) is 0 Å². The van der Waals surface area contributed by atoms with Crippen LogP contribution >= 0.6 is 0 Å². The lowest BCUT2D eigenvalue weighted by atomic mass is 10.1. The highest BCUT2D eigenvalue weighted by molar-refractivity contribution is 5.85. The van der Waals surface area contributed by atoms with Crippen LogP contribution in [-0.4, -0.2) is 40.7 Å². The predicted octanol–water partition coefficient (Wildman–Crippen LogP) is 4.52. The van der Waals surface area contributed by atoms with Crippen LogP contribution in [0.4, 0.5) is 0 Å². The van der Waals surface area contributed by atoms with E-state index in [-0.39, 0.29) is 30.3 Å². The molecule has 1 heterocycles. The molecule has 0 aliphatic heterocycles. The number of furan rings is 1. The molecule has 0 bridgehead atoms. The third kappa shape index (κ3) is 7.41. The Bertz CT molecular complexity index is 741. The second-order valence-electron chi connectivity index (χ2n) is 8.01. The van der Waals surface area contributed by atoms with Gasteiger partial charge in [0.15, 0.2) is 0 Å². The van der Waals surface area contributed by atoms with Crippen molar-refractivity contribution in [1.29, 1.82) is 0 Å². The van der Waals surface area contributed by atoms with Crippen LogP contribution < -0.4 is 0 Å². The maximum absolute atomic E-state index is 13.2. The van der Waals surface area contributed by atoms with Gasteiger partial charge < -0.3 is 14.2 Å². The Morgan fingerprint density at radius 2 is 1.72 bits per heavy atom. The summed E-state index contributed by atoms with van der Waals surface area (Å²) in [6.45, 7) is 9.19. The molecule has 1 unspecified atom stereocenters. The molecule has 0 N–H and O–H groups in total. The molecule has 1 aromatic heterocycles. The summed E-state index contributed by atoms with van der Waals surface area (Å²) < 4.78 is 5.47. The van der Waals surface area contributed by atoms with Gasteiger partial charge in [-0.15, -0.1) is 0 Å². The summed E-state index contributed by atoms with van der Waals surface area (Å²) in [6.07, 6.45) is 3.66. The number of hydrogen-bond donors (Lipinski definition) is 0. The summed E-state index contributed by atoms with van der Waals surface area (Å²) in [7, 11) is 0. The van der Waals surface area contributed by atoms with Crippen molar-refractivity contribution < 1.29 is 14.0 Å². The first-order valence-electron chi connectivity index (χ1n) is 10.5. The summed E-state index contributed by atoms with van der Waals surface area (Å²) in [5.41, 5.74) is 1.18. The van der Waals surface area contributed by atoms with Crippen molar-refractivity contribution in [2.75, 3.05) is 13.1 Å². The van der Waals surface area contributed by atoms with E-state index in [1.54, 1.807) is 16.1 Å². The van der Waals surface area contributed by atoms with Crippen LogP contribution in [0.5, 0.6) is 0 Å². The fourth-order valence-corrected chi connectivity index (χ4v) is 3.21. The normalized spacial score (nSPS) is 12.0. The minimum absolute atomic E-state index is 0.0322. The lowest BCUT2D eigenvalue weighted by Crippen LogP contribution is -2.47. The molecule has 0 fully saturated rings. The van der Waals surface area contributed by atoms with Crippen LogP contribution in [0.3, 0.4) is 0 Å². The van der Waals surface area contributed by atoms with E-state index in [0.29, 0.717) is 19.5 Å². The lowest BCUT2D eigenvalue weighted by molar-refractivity contribution is -0.143. The van der Waals surface area contributed by atoms with E-state index in [4.69, 9.17) is 4.42 Å². The SMILES string of the molecule is CCC(C)N(CC(=O)N(CCc1ccccc1)Cc1ccco1)C(=O)CC(C)C. The summed E-state index contributed by atoms with van der Waals surface area (Å²) in [5.74, 6) is 1.01. The topological polar surface area (TPSA) is 53.8 Å². The van der Waals surface area contributed by atoms with Gasteiger partial charge in [-0.1, -0.05) is 51.1 Å². The molecular weight excluding hydrogens is 364 g/mol. The number of carbonyl (C=O) groups is 2. The number of rotatable bonds is 11. The summed E-state index contributed by atoms with van der Waals surface area (Å²) in [5, 5.41) is 0. The maximum atomic E-state index is 13.2. The Morgan fingerprint density at radius 1 is 1.00 bits per heavy atom. The molecule has 0 saturated heterocycles. The molecule has 29 heavy (non-hydrogen) atoms. The van der Waals surface area contributed by atoms with Gasteiger partial charge in [-0.3, -0.25) is 9.59 Å². The van der Waals surface area contributed by atoms with Gasteiger partial charge in [-0.05, 0) is 43.4 Å². The zero-order chi connectivity index (χ0) is 21.2. The average Bonchev–Trinajstić information content (AvgIpc) is 3.21. The minimum Gasteiger partial charge on any atom is -0.467 e. The molecule has 0 saturated carbocycles. The monoisotopic (exact) mass is 398 g/mol. The van der Waals surface area contributed by atoms with Crippen LogP contribution in [0.1, 0.15) is 51.9 Å². The first-order valence-corrected chi connectivity index (χ1v) is 10.5. The predicted molar refractivity (Wildman–Crippen MR) is 115 cm³/mol. The van der Waals surface area contributed by atoms with Crippen molar-refractivity contribution in [3.63, 3.8) is 0 Å². The molecule has 5 nitrogen and oxygen atoms in total. The fourth-order valence-electron chi connectivity index (χ4n) is 3.21. The Balaban J connectivity index is 2.11. The van der Waals surface area contributed by atoms with E-state index in [1.807, 2.05) is 58.0 Å². The van der Waals surface area contributed by atoms with Crippen molar-refractivity contribution >= 4 is 11.8 Å². The molecule has 2 amide bonds. The summed E-state index contributed by atoms with van der Waals surface area (Å²) in [4.78, 5) is 29.5. The van der Waals surface area contributed by atoms with E-state index in [0.717, 1.165) is 18.6 Å². The smallest absolute Gasteiger partial charge is 0.242 e. The highest BCUT2D eigenvalue weighted by Gasteiger charge is 2.25. The van der Waals surface area contributed by atoms with Crippen molar-refractivity contribution in [3.05, 3.63) is 60.1 Å². The van der Waals surface area contributed by atoms with Crippen molar-refractivity contribution in [1.82, 2.24) is 9.80 Å². The van der Waals surface area contributed by atoms with Crippen LogP contribution in [0, 0.1) is 5.92 Å². The Labute approximate surface area is 174 Å². The quantitative estimate of drug-likeness (QED) is 0.559. The van der Waals surface area contributed by atoms with Crippen LogP contribution in [0.2, 0.25) is 0 Å². The number of hydrogen-bond acceptors (Lipinski definition) is 3. The standard InChI is InChI=1S/C24H34N2O3/c1-5-20(4)26(23(27)16-19(2)3)18-24(28)25(17-22-12-9-15-29-22)14-13-21-10-7-6-8-11-21/h6-12,15,19-20H,5,13-14,16-18H2,1-4H3. The van der Waals surface area contributed by atoms with Gasteiger partial charge in [-0.2, -0.15) is 0 Å². The van der Waals surface area contributed by atoms with Crippen LogP contribution in [0.15, 0.2) is 53.1 Å². The largest absolute Gasteiger partial charge is 0.467 e. The van der Waals surface area contributed by atoms with Crippen LogP contribution in [-0.2, 0) is 22.6 Å². The third-order valence-electron chi connectivity index (χ3n) is 5.12. The second-order valence-corrected chi connectivity index (χ2v) is 8.01. The van der Waals surface area contributed by atoms with Gasteiger partial charge in [0.05, 0.1) is 12.8 Å². The number of amides is 2. The van der Waals surface area contributed by atoms with Gasteiger partial charge in [0, 0.05) is 19.0 Å². The molecule has 5 heteroatoms. The highest BCUT2D eigenvalue weighted by atomic mass is 16.3. The maximum Gasteiger partial charge on any atom is 0.242 e. The van der Waals surface area contributed by atoms with Gasteiger partial charge >= 0.3 is 0 Å². The van der Waals surface area contributed by atoms with E-state index < -0.39 is 0 Å². The lowest BCUT2D eigenvalue weighted by Gasteiger charge is -2.31. The third-order valence-corrected chi connectivity index (χ3v) is 5.12. The minimum atomic E-state index is -0.0465. The number of carbonyl (C=O) groups excluding carboxylic acids is 2. The fraction of sp³-hybridized carbons (Fsp3) is 0.500. The summed E-state index contributed by atoms with van der Waals surface area (Å²) in [6, 6.07) is 13.9. The molecule has 158 valence electrons. The molecular formula is C24H34N2O3. The van der Waals surface area contributed by atoms with Crippen molar-refractivity contribution in [2.45, 2.75) is 59.5 Å². The molecule has 0 aliphatic rings. The van der Waals surface area contributed by atoms with E-state index in [1.165, 1.54) is 5.56 Å². The second kappa shape index (κ2) is 11.4. The van der Waals surface area contributed by atoms with Crippen molar-refractivity contribution in [3.8, 4) is 0 Å². The first kappa shape index (κ1) is 22.7. The van der Waals surface area contributed by atoms with Gasteiger partial charge in [0.2, 0.25) is 11.8 Å². The molecule has 0 radical (unpaired) electrons. The van der Waals surface area contributed by atoms with Gasteiger partial charge in [0.1, 0.15) is 12.3 Å². The van der Waals surface area contributed by atoms with Crippen molar-refractivity contribution in [2.24, 2.45) is 5.92 Å². The number of benzene rings is 1. The first-order chi connectivity index (χ1) is 13.9. The molecule has 1 atom stereocenters. The molecule has 0 aliphatic carbocycles. The number of nitrogens with zero attached hydrogens (tertiary/aromatic N) is 2. The highest BCUT2D eigenvalue weighted by Crippen LogP contribution is 2.13. The Morgan fingerprint density at radius 3 is 2.31 bits per heavy atom. The molecule has 2 rings (SSSR count). The molecule has 0 spiro atoms. The summed E-state index contributed by atoms with van der Waals surface area (Å²) >= 11 is 0. The zero-order valence-corrected chi connectivity index (χ0v) is 18.1. The Kier molecular flexibility index (Phi) is 8.97. The zero-order valence-electron chi connectivity index (χ0n) is 18.1. The Hall–Kier alpha value is -2.56. The molecule has 2 aromatic rings. The van der Waals surface area contributed by atoms with Crippen LogP contribution in [0.25, 0.3) is 0 Å². The van der Waals surface area contributed by atoms with Gasteiger partial charge in [-0.25, -0.2) is 0 Å².